The first kappa shape index (κ1) is 16.8. The molecule has 0 aliphatic heterocycles. The highest BCUT2D eigenvalue weighted by Crippen LogP contribution is 2.09. The van der Waals surface area contributed by atoms with Crippen LogP contribution in [-0.2, 0) is 9.47 Å². The van der Waals surface area contributed by atoms with Gasteiger partial charge in [0.25, 0.3) is 0 Å². The minimum atomic E-state index is -0.149. The molecular formula is C16H25NO3. The zero-order valence-corrected chi connectivity index (χ0v) is 12.7. The molecule has 0 aliphatic rings. The average molecular weight is 279 g/mol. The maximum Gasteiger partial charge on any atom is 0.179 e. The quantitative estimate of drug-likeness (QED) is 0.486. The van der Waals surface area contributed by atoms with Crippen LogP contribution < -0.4 is 0 Å². The molecule has 1 unspecified atom stereocenters. The number of ether oxygens (including phenoxy) is 2. The highest BCUT2D eigenvalue weighted by molar-refractivity contribution is 5.99. The van der Waals surface area contributed by atoms with Gasteiger partial charge in [-0.25, -0.2) is 0 Å². The van der Waals surface area contributed by atoms with Crippen molar-refractivity contribution in [3.63, 3.8) is 0 Å². The smallest absolute Gasteiger partial charge is 0.179 e. The number of carbonyl (C=O) groups is 1. The molecule has 0 fully saturated rings. The minimum absolute atomic E-state index is 0.149. The summed E-state index contributed by atoms with van der Waals surface area (Å²) < 4.78 is 10.2. The lowest BCUT2D eigenvalue weighted by molar-refractivity contribution is 0.0748. The van der Waals surface area contributed by atoms with E-state index < -0.39 is 0 Å². The highest BCUT2D eigenvalue weighted by Gasteiger charge is 2.21. The minimum Gasteiger partial charge on any atom is -0.385 e. The Hall–Kier alpha value is -1.23. The number of carbonyl (C=O) groups excluding carboxylic acids is 1. The molecule has 4 nitrogen and oxygen atoms in total. The lowest BCUT2D eigenvalue weighted by atomic mass is 10.0. The molecule has 0 spiro atoms. The lowest BCUT2D eigenvalue weighted by Crippen LogP contribution is -2.41. The Morgan fingerprint density at radius 2 is 1.75 bits per heavy atom. The second-order valence-electron chi connectivity index (χ2n) is 4.78. The van der Waals surface area contributed by atoms with Crippen molar-refractivity contribution in [2.75, 3.05) is 40.5 Å². The first-order chi connectivity index (χ1) is 9.70. The van der Waals surface area contributed by atoms with E-state index in [1.807, 2.05) is 37.3 Å². The van der Waals surface area contributed by atoms with Crippen molar-refractivity contribution in [2.45, 2.75) is 19.4 Å². The number of methoxy groups -OCH3 is 2. The topological polar surface area (TPSA) is 38.8 Å². The molecule has 0 amide bonds. The van der Waals surface area contributed by atoms with Crippen LogP contribution in [0.25, 0.3) is 0 Å². The third-order valence-corrected chi connectivity index (χ3v) is 3.36. The van der Waals surface area contributed by atoms with E-state index >= 15 is 0 Å². The fourth-order valence-electron chi connectivity index (χ4n) is 2.13. The molecule has 1 atom stereocenters. The maximum atomic E-state index is 12.5. The van der Waals surface area contributed by atoms with Gasteiger partial charge in [0.05, 0.1) is 12.6 Å². The lowest BCUT2D eigenvalue weighted by Gasteiger charge is -2.27. The van der Waals surface area contributed by atoms with Crippen molar-refractivity contribution >= 4 is 5.78 Å². The largest absolute Gasteiger partial charge is 0.385 e. The number of hydrogen-bond donors (Lipinski definition) is 0. The van der Waals surface area contributed by atoms with Gasteiger partial charge < -0.3 is 9.47 Å². The number of ketones is 1. The van der Waals surface area contributed by atoms with E-state index in [1.165, 1.54) is 0 Å². The highest BCUT2D eigenvalue weighted by atomic mass is 16.5. The molecule has 0 heterocycles. The van der Waals surface area contributed by atoms with Crippen molar-refractivity contribution < 1.29 is 14.3 Å². The van der Waals surface area contributed by atoms with Crippen LogP contribution in [0.1, 0.15) is 23.7 Å². The fourth-order valence-corrected chi connectivity index (χ4v) is 2.13. The molecule has 0 aromatic heterocycles. The van der Waals surface area contributed by atoms with Gasteiger partial charge in [-0.3, -0.25) is 9.69 Å². The van der Waals surface area contributed by atoms with E-state index in [2.05, 4.69) is 4.90 Å². The zero-order chi connectivity index (χ0) is 14.8. The number of nitrogens with zero attached hydrogens (tertiary/aromatic N) is 1. The van der Waals surface area contributed by atoms with E-state index in [-0.39, 0.29) is 11.8 Å². The second kappa shape index (κ2) is 9.64. The van der Waals surface area contributed by atoms with Crippen LogP contribution in [0, 0.1) is 0 Å². The van der Waals surface area contributed by atoms with E-state index in [4.69, 9.17) is 9.47 Å². The van der Waals surface area contributed by atoms with Crippen molar-refractivity contribution in [3.8, 4) is 0 Å². The third-order valence-electron chi connectivity index (χ3n) is 3.36. The molecule has 1 rings (SSSR count). The zero-order valence-electron chi connectivity index (χ0n) is 12.7. The molecule has 0 saturated heterocycles. The summed E-state index contributed by atoms with van der Waals surface area (Å²) in [4.78, 5) is 14.6. The van der Waals surface area contributed by atoms with Crippen LogP contribution in [0.2, 0.25) is 0 Å². The van der Waals surface area contributed by atoms with Gasteiger partial charge >= 0.3 is 0 Å². The Balaban J connectivity index is 2.65. The average Bonchev–Trinajstić information content (AvgIpc) is 2.50. The van der Waals surface area contributed by atoms with Gasteiger partial charge in [0.15, 0.2) is 5.78 Å². The molecule has 1 aromatic rings. The molecule has 0 aliphatic carbocycles. The summed E-state index contributed by atoms with van der Waals surface area (Å²) in [6.07, 6.45) is 0.909. The van der Waals surface area contributed by atoms with Gasteiger partial charge in [0.2, 0.25) is 0 Å². The molecule has 0 radical (unpaired) electrons. The maximum absolute atomic E-state index is 12.5. The third kappa shape index (κ3) is 5.41. The summed E-state index contributed by atoms with van der Waals surface area (Å²) in [7, 11) is 3.37. The van der Waals surface area contributed by atoms with Gasteiger partial charge in [0.1, 0.15) is 0 Å². The molecular weight excluding hydrogens is 254 g/mol. The van der Waals surface area contributed by atoms with Crippen molar-refractivity contribution in [3.05, 3.63) is 35.9 Å². The van der Waals surface area contributed by atoms with Crippen LogP contribution in [0.4, 0.5) is 0 Å². The van der Waals surface area contributed by atoms with E-state index in [0.717, 1.165) is 25.1 Å². The molecule has 112 valence electrons. The van der Waals surface area contributed by atoms with Gasteiger partial charge in [-0.05, 0) is 13.3 Å². The van der Waals surface area contributed by atoms with Gasteiger partial charge in [0, 0.05) is 39.5 Å². The Labute approximate surface area is 121 Å². The Kier molecular flexibility index (Phi) is 8.11. The normalized spacial score (nSPS) is 12.6. The summed E-state index contributed by atoms with van der Waals surface area (Å²) >= 11 is 0. The van der Waals surface area contributed by atoms with E-state index in [9.17, 15) is 4.79 Å². The van der Waals surface area contributed by atoms with E-state index in [1.54, 1.807) is 14.2 Å². The van der Waals surface area contributed by atoms with Gasteiger partial charge in [-0.15, -0.1) is 0 Å². The number of Topliss-reactive ketones (excluding diaryl/α,β-unsaturated/α-hetero) is 1. The standard InChI is InChI=1S/C16H25NO3/c1-14(16(18)15-8-5-4-6-9-15)17(11-13-20-3)10-7-12-19-2/h4-6,8-9,14H,7,10-13H2,1-3H3. The summed E-state index contributed by atoms with van der Waals surface area (Å²) in [6, 6.07) is 9.28. The Bertz CT molecular complexity index is 381. The molecule has 4 heteroatoms. The van der Waals surface area contributed by atoms with Crippen LogP contribution in [0.3, 0.4) is 0 Å². The Morgan fingerprint density at radius 3 is 2.35 bits per heavy atom. The summed E-state index contributed by atoms with van der Waals surface area (Å²) in [5.74, 6) is 0.152. The van der Waals surface area contributed by atoms with Crippen molar-refractivity contribution in [1.82, 2.24) is 4.90 Å². The van der Waals surface area contributed by atoms with Gasteiger partial charge in [-0.1, -0.05) is 30.3 Å². The first-order valence-electron chi connectivity index (χ1n) is 7.02. The van der Waals surface area contributed by atoms with Crippen LogP contribution in [0.5, 0.6) is 0 Å². The van der Waals surface area contributed by atoms with Crippen LogP contribution >= 0.6 is 0 Å². The molecule has 0 bridgehead atoms. The van der Waals surface area contributed by atoms with Crippen LogP contribution in [-0.4, -0.2) is 57.2 Å². The molecule has 1 aromatic carbocycles. The molecule has 0 N–H and O–H groups in total. The first-order valence-corrected chi connectivity index (χ1v) is 7.02. The molecule has 0 saturated carbocycles. The SMILES string of the molecule is COCCCN(CCOC)C(C)C(=O)c1ccccc1. The molecule has 20 heavy (non-hydrogen) atoms. The van der Waals surface area contributed by atoms with Crippen molar-refractivity contribution in [2.24, 2.45) is 0 Å². The second-order valence-corrected chi connectivity index (χ2v) is 4.78. The number of benzene rings is 1. The predicted octanol–water partition coefficient (Wildman–Crippen LogP) is 2.24. The van der Waals surface area contributed by atoms with Crippen LogP contribution in [0.15, 0.2) is 30.3 Å². The number of hydrogen-bond acceptors (Lipinski definition) is 4. The summed E-state index contributed by atoms with van der Waals surface area (Å²) in [6.45, 7) is 4.86. The number of rotatable bonds is 10. The fraction of sp³-hybridized carbons (Fsp3) is 0.562. The Morgan fingerprint density at radius 1 is 1.10 bits per heavy atom. The summed E-state index contributed by atoms with van der Waals surface area (Å²) in [5, 5.41) is 0. The van der Waals surface area contributed by atoms with Crippen molar-refractivity contribution in [1.29, 1.82) is 0 Å². The monoisotopic (exact) mass is 279 g/mol. The van der Waals surface area contributed by atoms with E-state index in [0.29, 0.717) is 13.2 Å². The predicted molar refractivity (Wildman–Crippen MR) is 80.2 cm³/mol. The summed E-state index contributed by atoms with van der Waals surface area (Å²) in [5.41, 5.74) is 0.758. The van der Waals surface area contributed by atoms with Gasteiger partial charge in [-0.2, -0.15) is 0 Å².